The summed E-state index contributed by atoms with van der Waals surface area (Å²) in [4.78, 5) is 2.28. The minimum absolute atomic E-state index is 0.129. The molecule has 1 heterocycles. The van der Waals surface area contributed by atoms with Crippen LogP contribution in [0.15, 0.2) is 70.8 Å². The van der Waals surface area contributed by atoms with E-state index in [1.54, 1.807) is 0 Å². The van der Waals surface area contributed by atoms with Crippen LogP contribution in [0.5, 0.6) is 0 Å². The molecule has 1 aliphatic heterocycles. The van der Waals surface area contributed by atoms with Gasteiger partial charge in [-0.25, -0.2) is 0 Å². The summed E-state index contributed by atoms with van der Waals surface area (Å²) in [5, 5.41) is 0. The number of fused-ring (bicyclic) bond motifs is 6. The zero-order valence-corrected chi connectivity index (χ0v) is 23.2. The van der Waals surface area contributed by atoms with E-state index in [1.165, 1.54) is 33.6 Å². The van der Waals surface area contributed by atoms with Crippen LogP contribution in [-0.4, -0.2) is 7.05 Å². The van der Waals surface area contributed by atoms with Crippen molar-refractivity contribution in [3.8, 4) is 0 Å². The van der Waals surface area contributed by atoms with Crippen LogP contribution in [0.2, 0.25) is 0 Å². The van der Waals surface area contributed by atoms with Gasteiger partial charge in [-0.3, -0.25) is 0 Å². The van der Waals surface area contributed by atoms with E-state index in [0.717, 1.165) is 23.0 Å². The number of para-hydroxylation sites is 1. The first-order valence-electron chi connectivity index (χ1n) is 10.2. The van der Waals surface area contributed by atoms with Crippen molar-refractivity contribution in [2.75, 3.05) is 11.9 Å². The third-order valence-electron chi connectivity index (χ3n) is 6.80. The predicted molar refractivity (Wildman–Crippen MR) is 138 cm³/mol. The number of thiol groups is 1. The second kappa shape index (κ2) is 6.87. The second-order valence-corrected chi connectivity index (χ2v) is 35.3. The summed E-state index contributed by atoms with van der Waals surface area (Å²) in [6.07, 6.45) is 7.52. The fraction of sp³-hybridized carbons (Fsp3) is 0.120. The number of rotatable bonds is 2. The molecule has 6 heteroatoms. The molecule has 0 N–H and O–H groups in total. The molecule has 0 amide bonds. The van der Waals surface area contributed by atoms with Crippen LogP contribution in [0.3, 0.4) is 0 Å². The van der Waals surface area contributed by atoms with Gasteiger partial charge in [0.1, 0.15) is 0 Å². The van der Waals surface area contributed by atoms with E-state index in [4.69, 9.17) is 26.4 Å². The van der Waals surface area contributed by atoms with Gasteiger partial charge in [0.2, 0.25) is 0 Å². The van der Waals surface area contributed by atoms with Crippen LogP contribution in [0.4, 0.5) is 5.69 Å². The molecule has 6 rings (SSSR count). The molecular formula is C25H19BrCl2NSZr. The zero-order chi connectivity index (χ0) is 21.6. The van der Waals surface area contributed by atoms with E-state index in [0.29, 0.717) is 0 Å². The predicted octanol–water partition coefficient (Wildman–Crippen LogP) is 6.75. The topological polar surface area (TPSA) is 3.24 Å². The number of halogens is 3. The van der Waals surface area contributed by atoms with Crippen LogP contribution >= 0.6 is 42.3 Å². The van der Waals surface area contributed by atoms with Gasteiger partial charge in [0, 0.05) is 0 Å². The molecule has 0 saturated carbocycles. The fourth-order valence-electron chi connectivity index (χ4n) is 5.41. The Kier molecular flexibility index (Phi) is 4.61. The first-order valence-corrected chi connectivity index (χ1v) is 23.6. The normalized spacial score (nSPS) is 19.4. The Morgan fingerprint density at radius 2 is 1.87 bits per heavy atom. The molecule has 31 heavy (non-hydrogen) atoms. The van der Waals surface area contributed by atoms with E-state index in [-0.39, 0.29) is 5.92 Å². The maximum absolute atomic E-state index is 7.58. The molecule has 0 spiro atoms. The number of benzene rings is 3. The molecule has 1 nitrogen and oxygen atoms in total. The number of nitrogens with zero attached hydrogens (tertiary/aromatic N) is 1. The number of hydrogen-bond acceptors (Lipinski definition) is 2. The van der Waals surface area contributed by atoms with E-state index in [9.17, 15) is 0 Å². The molecule has 0 radical (unpaired) electrons. The molecule has 3 aromatic carbocycles. The number of likely N-dealkylation sites (N-methyl/N-ethyl adjacent to an activating group) is 1. The first kappa shape index (κ1) is 20.8. The molecule has 1 atom stereocenters. The van der Waals surface area contributed by atoms with Gasteiger partial charge in [0.15, 0.2) is 0 Å². The molecule has 155 valence electrons. The van der Waals surface area contributed by atoms with E-state index >= 15 is 0 Å². The van der Waals surface area contributed by atoms with Crippen LogP contribution < -0.4 is 11.4 Å². The summed E-state index contributed by atoms with van der Waals surface area (Å²) in [5.41, 5.74) is 8.59. The van der Waals surface area contributed by atoms with Crippen molar-refractivity contribution < 1.29 is 14.9 Å². The maximum atomic E-state index is 7.58. The monoisotopic (exact) mass is 604 g/mol. The van der Waals surface area contributed by atoms with Crippen LogP contribution in [0, 0.1) is 0 Å². The van der Waals surface area contributed by atoms with Crippen molar-refractivity contribution >= 4 is 66.7 Å². The van der Waals surface area contributed by atoms with Crippen LogP contribution in [-0.2, 0) is 21.4 Å². The molecule has 0 bridgehead atoms. The van der Waals surface area contributed by atoms with Crippen molar-refractivity contribution in [2.45, 2.75) is 12.3 Å². The quantitative estimate of drug-likeness (QED) is 0.316. The SMILES string of the molecule is CN1C2=Cc3cc(Br)c[c]([Zr]([SH])([Cl])([Cl])[c]4cccc5c4C=CC5)c3C2c2ccccc21. The van der Waals surface area contributed by atoms with Gasteiger partial charge in [-0.05, 0) is 0 Å². The first-order chi connectivity index (χ1) is 14.7. The average Bonchev–Trinajstić information content (AvgIpc) is 3.42. The molecule has 0 aromatic heterocycles. The second-order valence-electron chi connectivity index (χ2n) is 8.53. The average molecular weight is 608 g/mol. The molecule has 0 fully saturated rings. The van der Waals surface area contributed by atoms with E-state index in [1.807, 2.05) is 0 Å². The molecule has 3 aromatic rings. The van der Waals surface area contributed by atoms with Gasteiger partial charge in [-0.15, -0.1) is 0 Å². The summed E-state index contributed by atoms with van der Waals surface area (Å²) >= 11 is -1.21. The van der Waals surface area contributed by atoms with Gasteiger partial charge in [-0.1, -0.05) is 0 Å². The minimum atomic E-state index is -4.93. The summed E-state index contributed by atoms with van der Waals surface area (Å²) in [7, 11) is 22.5. The number of anilines is 1. The Bertz CT molecular complexity index is 1360. The zero-order valence-electron chi connectivity index (χ0n) is 16.7. The molecule has 3 aliphatic rings. The van der Waals surface area contributed by atoms with Crippen molar-refractivity contribution in [2.24, 2.45) is 0 Å². The van der Waals surface area contributed by atoms with Crippen molar-refractivity contribution in [3.05, 3.63) is 98.7 Å². The van der Waals surface area contributed by atoms with Crippen LogP contribution in [0.1, 0.15) is 33.7 Å². The fourth-order valence-corrected chi connectivity index (χ4v) is 18.7. The summed E-state index contributed by atoms with van der Waals surface area (Å²) in [6.45, 7) is 0. The molecule has 1 unspecified atom stereocenters. The van der Waals surface area contributed by atoms with Gasteiger partial charge >= 0.3 is 205 Å². The molecule has 2 aliphatic carbocycles. The third-order valence-corrected chi connectivity index (χ3v) is 21.5. The standard InChI is InChI=1S/C16H11BrN.C9H7.2ClH.H2S.Zr/c1-18-14-5-3-2-4-13(14)16-12-7-6-11(17)8-10(12)9-15(16)18;1-2-5-9-7-3-6-8(9)4-1;;;;/h2-6,8-9,16H,1H3;1-4,7H,6H2;2*1H;1H2;/q;;;;;+3/p-3. The van der Waals surface area contributed by atoms with Crippen LogP contribution in [0.25, 0.3) is 12.2 Å². The number of hydrogen-bond donors (Lipinski definition) is 1. The Labute approximate surface area is 202 Å². The summed E-state index contributed by atoms with van der Waals surface area (Å²) < 4.78 is 2.99. The van der Waals surface area contributed by atoms with Crippen molar-refractivity contribution in [1.29, 1.82) is 0 Å². The Balaban J connectivity index is 1.64. The number of allylic oxidation sites excluding steroid dienone is 2. The van der Waals surface area contributed by atoms with Crippen molar-refractivity contribution in [1.82, 2.24) is 0 Å². The summed E-state index contributed by atoms with van der Waals surface area (Å²) in [6, 6.07) is 19.2. The Morgan fingerprint density at radius 3 is 2.71 bits per heavy atom. The third kappa shape index (κ3) is 2.92. The molecular weight excluding hydrogens is 588 g/mol. The van der Waals surface area contributed by atoms with E-state index < -0.39 is 14.9 Å². The van der Waals surface area contributed by atoms with Gasteiger partial charge in [0.25, 0.3) is 0 Å². The van der Waals surface area contributed by atoms with Gasteiger partial charge in [0.05, 0.1) is 0 Å². The van der Waals surface area contributed by atoms with E-state index in [2.05, 4.69) is 101 Å². The summed E-state index contributed by atoms with van der Waals surface area (Å²) in [5.74, 6) is 0.129. The Morgan fingerprint density at radius 1 is 1.06 bits per heavy atom. The molecule has 0 saturated heterocycles. The van der Waals surface area contributed by atoms with Gasteiger partial charge in [-0.2, -0.15) is 0 Å². The Hall–Kier alpha value is -0.767. The van der Waals surface area contributed by atoms with Gasteiger partial charge < -0.3 is 0 Å². The van der Waals surface area contributed by atoms with Crippen molar-refractivity contribution in [3.63, 3.8) is 0 Å².